The van der Waals surface area contributed by atoms with Gasteiger partial charge in [0.05, 0.1) is 18.7 Å². The monoisotopic (exact) mass is 799 g/mol. The maximum Gasteiger partial charge on any atom is 0.410 e. The van der Waals surface area contributed by atoms with Gasteiger partial charge < -0.3 is 56.2 Å². The molecule has 2 saturated heterocycles. The summed E-state index contributed by atoms with van der Waals surface area (Å²) in [7, 11) is 0. The first-order valence-corrected chi connectivity index (χ1v) is 19.2. The number of hydrogen-bond acceptors (Lipinski definition) is 11. The third-order valence-electron chi connectivity index (χ3n) is 9.88. The van der Waals surface area contributed by atoms with Gasteiger partial charge in [0.15, 0.2) is 5.69 Å². The van der Waals surface area contributed by atoms with Crippen molar-refractivity contribution in [1.29, 1.82) is 0 Å². The van der Waals surface area contributed by atoms with Crippen molar-refractivity contribution in [3.8, 4) is 0 Å². The van der Waals surface area contributed by atoms with E-state index in [-0.39, 0.29) is 44.6 Å². The van der Waals surface area contributed by atoms with E-state index in [4.69, 9.17) is 30.4 Å². The number of carbonyl (C=O) groups excluding carboxylic acids is 5. The summed E-state index contributed by atoms with van der Waals surface area (Å²) >= 11 is 0. The molecular weight excluding hydrogens is 750 g/mol. The molecule has 0 bridgehead atoms. The van der Waals surface area contributed by atoms with Gasteiger partial charge in [-0.1, -0.05) is 54.6 Å². The second kappa shape index (κ2) is 20.3. The molecule has 58 heavy (non-hydrogen) atoms. The average Bonchev–Trinajstić information content (AvgIpc) is 3.68. The molecule has 2 aliphatic rings. The summed E-state index contributed by atoms with van der Waals surface area (Å²) in [6, 6.07) is 21.7. The van der Waals surface area contributed by atoms with Crippen LogP contribution in [0.1, 0.15) is 50.4 Å². The largest absolute Gasteiger partial charge is 0.447 e. The van der Waals surface area contributed by atoms with E-state index in [9.17, 15) is 24.0 Å². The summed E-state index contributed by atoms with van der Waals surface area (Å²) in [4.78, 5) is 66.3. The number of nitrogens with one attached hydrogen (secondary N) is 4. The van der Waals surface area contributed by atoms with Gasteiger partial charge in [0, 0.05) is 69.7 Å². The smallest absolute Gasteiger partial charge is 0.410 e. The average molecular weight is 800 g/mol. The highest BCUT2D eigenvalue weighted by atomic mass is 16.6. The van der Waals surface area contributed by atoms with Crippen molar-refractivity contribution >= 4 is 40.9 Å². The molecule has 6 rings (SSSR count). The number of ether oxygens (including phenoxy) is 4. The van der Waals surface area contributed by atoms with Crippen molar-refractivity contribution in [1.82, 2.24) is 35.9 Å². The number of nitrogens with zero attached hydrogens (tertiary/aromatic N) is 3. The molecule has 1 aromatic heterocycles. The molecule has 3 heterocycles. The first-order valence-electron chi connectivity index (χ1n) is 19.2. The number of H-pyrrole nitrogens is 1. The van der Waals surface area contributed by atoms with Crippen LogP contribution in [0.15, 0.2) is 72.8 Å². The lowest BCUT2D eigenvalue weighted by Crippen LogP contribution is -2.55. The Morgan fingerprint density at radius 1 is 0.862 bits per heavy atom. The van der Waals surface area contributed by atoms with Crippen LogP contribution in [0.2, 0.25) is 0 Å². The maximum absolute atomic E-state index is 13.4. The molecule has 8 N–H and O–H groups in total. The Morgan fingerprint density at radius 3 is 2.33 bits per heavy atom. The molecule has 3 aromatic carbocycles. The molecule has 0 aliphatic carbocycles. The lowest BCUT2D eigenvalue weighted by Gasteiger charge is -2.39. The van der Waals surface area contributed by atoms with E-state index in [1.165, 1.54) is 12.1 Å². The Kier molecular flexibility index (Phi) is 14.5. The number of alkyl carbamates (subject to hydrolysis) is 1. The highest BCUT2D eigenvalue weighted by Gasteiger charge is 2.40. The third kappa shape index (κ3) is 11.2. The van der Waals surface area contributed by atoms with Gasteiger partial charge in [0.25, 0.3) is 5.91 Å². The molecule has 2 aliphatic heterocycles. The standard InChI is InChI=1S/C40H49N9O9/c41-22-26-7-9-27(10-8-26)23-45-38(52)48-16-18-49(19-17-48)40(54)58-32-13-20-55-33(35(32)56-24-28-5-2-1-3-6-28)25-57-39(53)44-15-4-14-43-37(51)34-30-12-11-29(36(42)50)21-31(30)46-47-34/h1-3,5-12,21,32-33,35H,4,13-20,22-25,41H2,(H2,42,50)(H,43,51)(H,44,53)(H,45,52)(H,46,47)/t32-,33+,35+/m1/s1. The second-order valence-electron chi connectivity index (χ2n) is 13.9. The molecule has 0 unspecified atom stereocenters. The Bertz CT molecular complexity index is 2020. The van der Waals surface area contributed by atoms with Gasteiger partial charge in [-0.15, -0.1) is 0 Å². The zero-order chi connectivity index (χ0) is 40.9. The van der Waals surface area contributed by atoms with Crippen LogP contribution in [-0.2, 0) is 38.6 Å². The minimum Gasteiger partial charge on any atom is -0.447 e. The molecule has 0 saturated carbocycles. The van der Waals surface area contributed by atoms with Crippen molar-refractivity contribution in [2.75, 3.05) is 52.5 Å². The zero-order valence-corrected chi connectivity index (χ0v) is 32.0. The molecule has 6 amide bonds. The summed E-state index contributed by atoms with van der Waals surface area (Å²) in [5.74, 6) is -1.01. The quantitative estimate of drug-likeness (QED) is 0.0954. The number of urea groups is 1. The number of piperazine rings is 1. The number of fused-ring (bicyclic) bond motifs is 1. The van der Waals surface area contributed by atoms with Crippen molar-refractivity contribution in [3.63, 3.8) is 0 Å². The van der Waals surface area contributed by atoms with Gasteiger partial charge in [0.2, 0.25) is 5.91 Å². The lowest BCUT2D eigenvalue weighted by molar-refractivity contribution is -0.177. The number of aromatic amines is 1. The highest BCUT2D eigenvalue weighted by Crippen LogP contribution is 2.24. The van der Waals surface area contributed by atoms with Gasteiger partial charge in [-0.25, -0.2) is 14.4 Å². The third-order valence-corrected chi connectivity index (χ3v) is 9.88. The number of aromatic nitrogens is 2. The SMILES string of the molecule is NCc1ccc(CNC(=O)N2CCN(C(=O)O[C@@H]3CCO[C@@H](COC(=O)NCCCNC(=O)c4n[nH]c5cc(C(N)=O)ccc45)[C@H]3OCc3ccccc3)CC2)cc1. The van der Waals surface area contributed by atoms with Crippen molar-refractivity contribution in [2.45, 2.75) is 50.8 Å². The molecule has 4 aromatic rings. The maximum atomic E-state index is 13.4. The van der Waals surface area contributed by atoms with Crippen LogP contribution in [-0.4, -0.2) is 121 Å². The van der Waals surface area contributed by atoms with Crippen LogP contribution in [0.3, 0.4) is 0 Å². The summed E-state index contributed by atoms with van der Waals surface area (Å²) < 4.78 is 23.8. The van der Waals surface area contributed by atoms with Crippen molar-refractivity contribution in [3.05, 3.63) is 101 Å². The fourth-order valence-electron chi connectivity index (χ4n) is 6.58. The number of rotatable bonds is 15. The Labute approximate surface area is 334 Å². The van der Waals surface area contributed by atoms with Crippen LogP contribution in [0.5, 0.6) is 0 Å². The van der Waals surface area contributed by atoms with Gasteiger partial charge in [-0.3, -0.25) is 14.7 Å². The summed E-state index contributed by atoms with van der Waals surface area (Å²) in [5.41, 5.74) is 14.8. The first kappa shape index (κ1) is 41.4. The van der Waals surface area contributed by atoms with Gasteiger partial charge in [-0.05, 0) is 41.3 Å². The summed E-state index contributed by atoms with van der Waals surface area (Å²) in [5, 5.41) is 15.7. The number of benzene rings is 3. The Balaban J connectivity index is 0.943. The van der Waals surface area contributed by atoms with E-state index in [1.54, 1.807) is 15.9 Å². The fourth-order valence-corrected chi connectivity index (χ4v) is 6.58. The summed E-state index contributed by atoms with van der Waals surface area (Å²) in [6.45, 7) is 2.86. The van der Waals surface area contributed by atoms with Crippen molar-refractivity contribution in [2.24, 2.45) is 11.5 Å². The minimum absolute atomic E-state index is 0.162. The van der Waals surface area contributed by atoms with E-state index in [2.05, 4.69) is 26.1 Å². The number of primary amides is 1. The van der Waals surface area contributed by atoms with Crippen molar-refractivity contribution < 1.29 is 42.9 Å². The fraction of sp³-hybridized carbons (Fsp3) is 0.400. The normalized spacial score (nSPS) is 18.0. The summed E-state index contributed by atoms with van der Waals surface area (Å²) in [6.07, 6.45) is -2.60. The molecule has 18 heteroatoms. The molecule has 18 nitrogen and oxygen atoms in total. The molecule has 2 fully saturated rings. The highest BCUT2D eigenvalue weighted by molar-refractivity contribution is 6.06. The van der Waals surface area contributed by atoms with Gasteiger partial charge in [-0.2, -0.15) is 5.10 Å². The molecule has 0 spiro atoms. The molecular formula is C40H49N9O9. The van der Waals surface area contributed by atoms with E-state index >= 15 is 0 Å². The van der Waals surface area contributed by atoms with Gasteiger partial charge >= 0.3 is 18.2 Å². The van der Waals surface area contributed by atoms with Crippen LogP contribution < -0.4 is 27.4 Å². The Hall–Kier alpha value is -6.24. The number of nitrogens with two attached hydrogens (primary N) is 2. The number of hydrogen-bond donors (Lipinski definition) is 6. The lowest BCUT2D eigenvalue weighted by atomic mass is 10.0. The first-order chi connectivity index (χ1) is 28.2. The molecule has 308 valence electrons. The number of carbonyl (C=O) groups is 5. The Morgan fingerprint density at radius 2 is 1.59 bits per heavy atom. The van der Waals surface area contributed by atoms with E-state index in [0.29, 0.717) is 68.6 Å². The van der Waals surface area contributed by atoms with Crippen LogP contribution in [0.25, 0.3) is 10.9 Å². The van der Waals surface area contributed by atoms with E-state index in [0.717, 1.165) is 16.7 Å². The van der Waals surface area contributed by atoms with E-state index in [1.807, 2.05) is 54.6 Å². The van der Waals surface area contributed by atoms with Crippen LogP contribution in [0.4, 0.5) is 14.4 Å². The predicted octanol–water partition coefficient (Wildman–Crippen LogP) is 2.37. The topological polar surface area (TPSA) is 246 Å². The minimum atomic E-state index is -0.743. The van der Waals surface area contributed by atoms with Crippen LogP contribution in [0, 0.1) is 0 Å². The van der Waals surface area contributed by atoms with E-state index < -0.39 is 42.3 Å². The second-order valence-corrected chi connectivity index (χ2v) is 13.9. The number of amides is 6. The van der Waals surface area contributed by atoms with Gasteiger partial charge in [0.1, 0.15) is 24.9 Å². The predicted molar refractivity (Wildman–Crippen MR) is 210 cm³/mol. The molecule has 0 radical (unpaired) electrons. The van der Waals surface area contributed by atoms with Crippen LogP contribution >= 0.6 is 0 Å². The molecule has 3 atom stereocenters. The zero-order valence-electron chi connectivity index (χ0n) is 32.0.